The molecular formula is C16H22O4. The van der Waals surface area contributed by atoms with Crippen molar-refractivity contribution in [3.8, 4) is 11.5 Å². The van der Waals surface area contributed by atoms with Gasteiger partial charge in [0.25, 0.3) is 0 Å². The standard InChI is InChI=1S/C16H22O4/c1-3-6-12-9-13(11-17)14(18-2)10-15(12)20-16-7-4-5-8-19-16/h9-11,16H,3-8H2,1-2H3. The molecule has 0 N–H and O–H groups in total. The molecule has 1 heterocycles. The van der Waals surface area contributed by atoms with E-state index in [1.165, 1.54) is 0 Å². The van der Waals surface area contributed by atoms with Gasteiger partial charge in [-0.1, -0.05) is 13.3 Å². The number of methoxy groups -OCH3 is 1. The molecule has 0 saturated carbocycles. The van der Waals surface area contributed by atoms with E-state index in [2.05, 4.69) is 6.92 Å². The summed E-state index contributed by atoms with van der Waals surface area (Å²) < 4.78 is 16.8. The number of rotatable bonds is 6. The van der Waals surface area contributed by atoms with Crippen LogP contribution in [-0.4, -0.2) is 26.3 Å². The van der Waals surface area contributed by atoms with Gasteiger partial charge >= 0.3 is 0 Å². The molecule has 1 aliphatic rings. The second-order valence-corrected chi connectivity index (χ2v) is 4.98. The molecule has 20 heavy (non-hydrogen) atoms. The minimum absolute atomic E-state index is 0.189. The van der Waals surface area contributed by atoms with E-state index in [0.29, 0.717) is 11.3 Å². The molecule has 1 unspecified atom stereocenters. The van der Waals surface area contributed by atoms with Crippen molar-refractivity contribution in [2.75, 3.05) is 13.7 Å². The van der Waals surface area contributed by atoms with Gasteiger partial charge in [-0.05, 0) is 30.9 Å². The highest BCUT2D eigenvalue weighted by Crippen LogP contribution is 2.31. The Labute approximate surface area is 120 Å². The average molecular weight is 278 g/mol. The Morgan fingerprint density at radius 2 is 2.20 bits per heavy atom. The summed E-state index contributed by atoms with van der Waals surface area (Å²) in [4.78, 5) is 11.1. The highest BCUT2D eigenvalue weighted by molar-refractivity contribution is 5.80. The van der Waals surface area contributed by atoms with Crippen LogP contribution in [0, 0.1) is 0 Å². The van der Waals surface area contributed by atoms with Gasteiger partial charge in [0.15, 0.2) is 12.6 Å². The van der Waals surface area contributed by atoms with Crippen molar-refractivity contribution in [2.24, 2.45) is 0 Å². The Balaban J connectivity index is 2.25. The van der Waals surface area contributed by atoms with Crippen LogP contribution >= 0.6 is 0 Å². The van der Waals surface area contributed by atoms with Gasteiger partial charge in [-0.15, -0.1) is 0 Å². The number of aryl methyl sites for hydroxylation is 1. The number of carbonyl (C=O) groups excluding carboxylic acids is 1. The monoisotopic (exact) mass is 278 g/mol. The summed E-state index contributed by atoms with van der Waals surface area (Å²) in [6, 6.07) is 3.65. The van der Waals surface area contributed by atoms with E-state index >= 15 is 0 Å². The molecule has 1 aromatic rings. The van der Waals surface area contributed by atoms with Crippen molar-refractivity contribution in [1.29, 1.82) is 0 Å². The van der Waals surface area contributed by atoms with Crippen LogP contribution in [0.3, 0.4) is 0 Å². The highest BCUT2D eigenvalue weighted by Gasteiger charge is 2.18. The van der Waals surface area contributed by atoms with Crippen molar-refractivity contribution in [1.82, 2.24) is 0 Å². The fourth-order valence-corrected chi connectivity index (χ4v) is 2.41. The molecule has 1 aromatic carbocycles. The summed E-state index contributed by atoms with van der Waals surface area (Å²) in [5, 5.41) is 0. The Hall–Kier alpha value is -1.55. The predicted octanol–water partition coefficient (Wildman–Crippen LogP) is 3.37. The third kappa shape index (κ3) is 3.51. The zero-order valence-electron chi connectivity index (χ0n) is 12.2. The third-order valence-electron chi connectivity index (χ3n) is 3.46. The minimum Gasteiger partial charge on any atom is -0.496 e. The lowest BCUT2D eigenvalue weighted by Crippen LogP contribution is -2.25. The van der Waals surface area contributed by atoms with Crippen LogP contribution in [0.25, 0.3) is 0 Å². The van der Waals surface area contributed by atoms with Gasteiger partial charge < -0.3 is 14.2 Å². The maximum Gasteiger partial charge on any atom is 0.199 e. The molecule has 1 atom stereocenters. The van der Waals surface area contributed by atoms with Crippen LogP contribution in [-0.2, 0) is 11.2 Å². The highest BCUT2D eigenvalue weighted by atomic mass is 16.7. The van der Waals surface area contributed by atoms with Crippen LogP contribution in [0.1, 0.15) is 48.5 Å². The zero-order chi connectivity index (χ0) is 14.4. The van der Waals surface area contributed by atoms with Gasteiger partial charge in [0.1, 0.15) is 11.5 Å². The summed E-state index contributed by atoms with van der Waals surface area (Å²) >= 11 is 0. The Morgan fingerprint density at radius 1 is 1.35 bits per heavy atom. The summed E-state index contributed by atoms with van der Waals surface area (Å²) in [5.41, 5.74) is 1.59. The minimum atomic E-state index is -0.189. The van der Waals surface area contributed by atoms with Crippen LogP contribution in [0.5, 0.6) is 11.5 Å². The lowest BCUT2D eigenvalue weighted by atomic mass is 10.0. The van der Waals surface area contributed by atoms with E-state index in [1.54, 1.807) is 13.2 Å². The number of carbonyl (C=O) groups is 1. The summed E-state index contributed by atoms with van der Waals surface area (Å²) in [6.45, 7) is 2.85. The quantitative estimate of drug-likeness (QED) is 0.748. The van der Waals surface area contributed by atoms with Crippen LogP contribution in [0.4, 0.5) is 0 Å². The van der Waals surface area contributed by atoms with Gasteiger partial charge in [-0.2, -0.15) is 0 Å². The molecule has 110 valence electrons. The number of aldehydes is 1. The first kappa shape index (κ1) is 14.9. The maximum atomic E-state index is 11.1. The number of benzene rings is 1. The maximum absolute atomic E-state index is 11.1. The van der Waals surface area contributed by atoms with Crippen LogP contribution in [0.15, 0.2) is 12.1 Å². The Kier molecular flexibility index (Phi) is 5.41. The lowest BCUT2D eigenvalue weighted by molar-refractivity contribution is -0.106. The smallest absolute Gasteiger partial charge is 0.199 e. The van der Waals surface area contributed by atoms with Crippen molar-refractivity contribution < 1.29 is 19.0 Å². The summed E-state index contributed by atoms with van der Waals surface area (Å²) in [5.74, 6) is 1.31. The molecule has 0 spiro atoms. The first-order chi connectivity index (χ1) is 9.78. The first-order valence-electron chi connectivity index (χ1n) is 7.22. The largest absolute Gasteiger partial charge is 0.496 e. The molecule has 2 rings (SSSR count). The molecule has 0 radical (unpaired) electrons. The van der Waals surface area contributed by atoms with E-state index in [4.69, 9.17) is 14.2 Å². The molecular weight excluding hydrogens is 256 g/mol. The van der Waals surface area contributed by atoms with E-state index in [1.807, 2.05) is 6.07 Å². The zero-order valence-corrected chi connectivity index (χ0v) is 12.2. The summed E-state index contributed by atoms with van der Waals surface area (Å²) in [6.07, 6.45) is 5.61. The fraction of sp³-hybridized carbons (Fsp3) is 0.562. The lowest BCUT2D eigenvalue weighted by Gasteiger charge is -2.25. The molecule has 0 amide bonds. The molecule has 0 aliphatic carbocycles. The van der Waals surface area contributed by atoms with E-state index in [-0.39, 0.29) is 6.29 Å². The van der Waals surface area contributed by atoms with E-state index < -0.39 is 0 Å². The normalized spacial score (nSPS) is 18.6. The molecule has 0 bridgehead atoms. The van der Waals surface area contributed by atoms with Crippen molar-refractivity contribution in [3.05, 3.63) is 23.3 Å². The fourth-order valence-electron chi connectivity index (χ4n) is 2.41. The molecule has 4 nitrogen and oxygen atoms in total. The van der Waals surface area contributed by atoms with Crippen LogP contribution in [0.2, 0.25) is 0 Å². The van der Waals surface area contributed by atoms with Gasteiger partial charge in [-0.25, -0.2) is 0 Å². The van der Waals surface area contributed by atoms with Gasteiger partial charge in [-0.3, -0.25) is 4.79 Å². The third-order valence-corrected chi connectivity index (χ3v) is 3.46. The molecule has 1 saturated heterocycles. The van der Waals surface area contributed by atoms with Crippen LogP contribution < -0.4 is 9.47 Å². The molecule has 4 heteroatoms. The molecule has 1 fully saturated rings. The molecule has 0 aromatic heterocycles. The number of ether oxygens (including phenoxy) is 3. The van der Waals surface area contributed by atoms with Crippen molar-refractivity contribution >= 4 is 6.29 Å². The Morgan fingerprint density at radius 3 is 2.80 bits per heavy atom. The number of hydrogen-bond acceptors (Lipinski definition) is 4. The second-order valence-electron chi connectivity index (χ2n) is 4.98. The number of hydrogen-bond donors (Lipinski definition) is 0. The first-order valence-corrected chi connectivity index (χ1v) is 7.22. The average Bonchev–Trinajstić information content (AvgIpc) is 2.49. The second kappa shape index (κ2) is 7.29. The SMILES string of the molecule is CCCc1cc(C=O)c(OC)cc1OC1CCCCO1. The van der Waals surface area contributed by atoms with Crippen molar-refractivity contribution in [3.63, 3.8) is 0 Å². The van der Waals surface area contributed by atoms with E-state index in [9.17, 15) is 4.79 Å². The molecule has 1 aliphatic heterocycles. The van der Waals surface area contributed by atoms with Gasteiger partial charge in [0.05, 0.1) is 19.3 Å². The van der Waals surface area contributed by atoms with Crippen molar-refractivity contribution in [2.45, 2.75) is 45.3 Å². The Bertz CT molecular complexity index is 450. The summed E-state index contributed by atoms with van der Waals surface area (Å²) in [7, 11) is 1.56. The van der Waals surface area contributed by atoms with E-state index in [0.717, 1.165) is 56.3 Å². The van der Waals surface area contributed by atoms with Gasteiger partial charge in [0.2, 0.25) is 0 Å². The van der Waals surface area contributed by atoms with Gasteiger partial charge in [0, 0.05) is 12.5 Å². The predicted molar refractivity (Wildman–Crippen MR) is 76.6 cm³/mol. The topological polar surface area (TPSA) is 44.8 Å².